The first kappa shape index (κ1) is 21.3. The van der Waals surface area contributed by atoms with E-state index in [0.29, 0.717) is 35.3 Å². The van der Waals surface area contributed by atoms with Crippen LogP contribution in [0.25, 0.3) is 11.0 Å². The number of piperidine rings is 1. The summed E-state index contributed by atoms with van der Waals surface area (Å²) in [4.78, 5) is 33.5. The molecule has 0 saturated carbocycles. The van der Waals surface area contributed by atoms with Crippen molar-refractivity contribution in [3.05, 3.63) is 58.9 Å². The fourth-order valence-electron chi connectivity index (χ4n) is 4.01. The maximum absolute atomic E-state index is 12.4. The number of aromatic nitrogens is 2. The van der Waals surface area contributed by atoms with Gasteiger partial charge in [0.25, 0.3) is 5.91 Å². The number of nitrogens with one attached hydrogen (secondary N) is 3. The highest BCUT2D eigenvalue weighted by Gasteiger charge is 2.27. The van der Waals surface area contributed by atoms with Gasteiger partial charge in [0, 0.05) is 29.5 Å². The van der Waals surface area contributed by atoms with E-state index in [2.05, 4.69) is 10.3 Å². The lowest BCUT2D eigenvalue weighted by atomic mass is 9.96. The molecule has 3 aromatic rings. The Morgan fingerprint density at radius 3 is 2.65 bits per heavy atom. The maximum atomic E-state index is 12.4. The van der Waals surface area contributed by atoms with Crippen molar-refractivity contribution in [1.29, 1.82) is 0 Å². The highest BCUT2D eigenvalue weighted by Crippen LogP contribution is 2.25. The molecular formula is C23H26ClN4O3+. The number of amides is 1. The minimum absolute atomic E-state index is 0.0317. The number of nitrogens with zero attached hydrogens (tertiary/aromatic N) is 1. The molecule has 1 fully saturated rings. The second kappa shape index (κ2) is 9.49. The number of esters is 1. The van der Waals surface area contributed by atoms with Gasteiger partial charge in [-0.2, -0.15) is 0 Å². The monoisotopic (exact) mass is 441 g/mol. The Morgan fingerprint density at radius 2 is 1.94 bits per heavy atom. The molecule has 8 heteroatoms. The summed E-state index contributed by atoms with van der Waals surface area (Å²) >= 11 is 6.06. The van der Waals surface area contributed by atoms with Crippen molar-refractivity contribution < 1.29 is 19.2 Å². The fraction of sp³-hybridized carbons (Fsp3) is 0.348. The molecule has 4 rings (SSSR count). The Hall–Kier alpha value is -2.90. The molecule has 1 saturated heterocycles. The van der Waals surface area contributed by atoms with Gasteiger partial charge in [0.15, 0.2) is 6.54 Å². The van der Waals surface area contributed by atoms with Gasteiger partial charge < -0.3 is 19.9 Å². The quantitative estimate of drug-likeness (QED) is 0.513. The first-order chi connectivity index (χ1) is 15.0. The second-order valence-corrected chi connectivity index (χ2v) is 8.27. The van der Waals surface area contributed by atoms with Crippen LogP contribution in [-0.4, -0.2) is 48.1 Å². The predicted octanol–water partition coefficient (Wildman–Crippen LogP) is 2.79. The number of ether oxygens (including phenoxy) is 1. The summed E-state index contributed by atoms with van der Waals surface area (Å²) in [5, 5.41) is 3.61. The van der Waals surface area contributed by atoms with Crippen molar-refractivity contribution in [2.24, 2.45) is 0 Å². The SMILES string of the molecule is CCOC(=O)c1ccc(NC(=O)C[NH+]2CCC(c3nc4ccc(Cl)cc4[nH]3)CC2)cc1. The number of likely N-dealkylation sites (tertiary alicyclic amines) is 1. The topological polar surface area (TPSA) is 88.5 Å². The number of benzene rings is 2. The number of rotatable bonds is 6. The summed E-state index contributed by atoms with van der Waals surface area (Å²) in [6, 6.07) is 12.4. The lowest BCUT2D eigenvalue weighted by Gasteiger charge is -2.27. The van der Waals surface area contributed by atoms with Gasteiger partial charge in [-0.3, -0.25) is 4.79 Å². The van der Waals surface area contributed by atoms with Gasteiger partial charge >= 0.3 is 5.97 Å². The number of halogens is 1. The maximum Gasteiger partial charge on any atom is 0.338 e. The third-order valence-electron chi connectivity index (χ3n) is 5.63. The number of carbonyl (C=O) groups excluding carboxylic acids is 2. The zero-order valence-electron chi connectivity index (χ0n) is 17.4. The molecule has 0 radical (unpaired) electrons. The van der Waals surface area contributed by atoms with Crippen LogP contribution in [0.15, 0.2) is 42.5 Å². The molecule has 0 spiro atoms. The predicted molar refractivity (Wildman–Crippen MR) is 120 cm³/mol. The smallest absolute Gasteiger partial charge is 0.338 e. The molecule has 3 N–H and O–H groups in total. The van der Waals surface area contributed by atoms with Crippen LogP contribution in [0.2, 0.25) is 5.02 Å². The van der Waals surface area contributed by atoms with E-state index in [0.717, 1.165) is 42.8 Å². The Balaban J connectivity index is 1.27. The number of H-pyrrole nitrogens is 1. The highest BCUT2D eigenvalue weighted by atomic mass is 35.5. The molecule has 1 amide bonds. The van der Waals surface area contributed by atoms with Crippen molar-refractivity contribution in [2.75, 3.05) is 31.6 Å². The van der Waals surface area contributed by atoms with Crippen LogP contribution in [0.5, 0.6) is 0 Å². The Kier molecular flexibility index (Phi) is 6.53. The summed E-state index contributed by atoms with van der Waals surface area (Å²) in [6.07, 6.45) is 1.95. The number of hydrogen-bond donors (Lipinski definition) is 3. The third-order valence-corrected chi connectivity index (χ3v) is 5.87. The van der Waals surface area contributed by atoms with Crippen LogP contribution in [0.1, 0.15) is 41.9 Å². The molecule has 162 valence electrons. The van der Waals surface area contributed by atoms with Crippen molar-refractivity contribution in [2.45, 2.75) is 25.7 Å². The lowest BCUT2D eigenvalue weighted by molar-refractivity contribution is -0.897. The average Bonchev–Trinajstić information content (AvgIpc) is 3.18. The zero-order chi connectivity index (χ0) is 21.8. The van der Waals surface area contributed by atoms with Crippen LogP contribution >= 0.6 is 11.6 Å². The molecule has 31 heavy (non-hydrogen) atoms. The average molecular weight is 442 g/mol. The summed E-state index contributed by atoms with van der Waals surface area (Å²) in [5.74, 6) is 0.979. The molecule has 0 aliphatic carbocycles. The minimum Gasteiger partial charge on any atom is -0.462 e. The molecule has 0 bridgehead atoms. The number of carbonyl (C=O) groups is 2. The summed E-state index contributed by atoms with van der Waals surface area (Å²) in [7, 11) is 0. The van der Waals surface area contributed by atoms with E-state index in [1.165, 1.54) is 4.90 Å². The fourth-order valence-corrected chi connectivity index (χ4v) is 4.18. The van der Waals surface area contributed by atoms with E-state index in [9.17, 15) is 9.59 Å². The minimum atomic E-state index is -0.361. The largest absolute Gasteiger partial charge is 0.462 e. The van der Waals surface area contributed by atoms with E-state index in [-0.39, 0.29) is 11.9 Å². The van der Waals surface area contributed by atoms with E-state index in [1.807, 2.05) is 18.2 Å². The molecule has 2 aromatic carbocycles. The first-order valence-electron chi connectivity index (χ1n) is 10.6. The van der Waals surface area contributed by atoms with E-state index in [1.54, 1.807) is 31.2 Å². The van der Waals surface area contributed by atoms with E-state index >= 15 is 0 Å². The second-order valence-electron chi connectivity index (χ2n) is 7.83. The molecule has 1 aliphatic heterocycles. The van der Waals surface area contributed by atoms with Crippen molar-refractivity contribution in [3.8, 4) is 0 Å². The highest BCUT2D eigenvalue weighted by molar-refractivity contribution is 6.31. The Bertz CT molecular complexity index is 1070. The van der Waals surface area contributed by atoms with Crippen molar-refractivity contribution in [3.63, 3.8) is 0 Å². The number of hydrogen-bond acceptors (Lipinski definition) is 4. The van der Waals surface area contributed by atoms with Gasteiger partial charge in [-0.25, -0.2) is 9.78 Å². The molecule has 2 heterocycles. The van der Waals surface area contributed by atoms with Crippen LogP contribution in [0.3, 0.4) is 0 Å². The van der Waals surface area contributed by atoms with Gasteiger partial charge in [-0.15, -0.1) is 0 Å². The van der Waals surface area contributed by atoms with Crippen molar-refractivity contribution in [1.82, 2.24) is 9.97 Å². The van der Waals surface area contributed by atoms with Gasteiger partial charge in [-0.1, -0.05) is 11.6 Å². The van der Waals surface area contributed by atoms with Crippen molar-refractivity contribution >= 4 is 40.2 Å². The molecular weight excluding hydrogens is 416 g/mol. The third kappa shape index (κ3) is 5.24. The number of quaternary nitrogens is 1. The summed E-state index contributed by atoms with van der Waals surface area (Å²) < 4.78 is 4.97. The molecule has 0 unspecified atom stereocenters. The Labute approximate surface area is 185 Å². The molecule has 7 nitrogen and oxygen atoms in total. The van der Waals surface area contributed by atoms with Gasteiger partial charge in [0.05, 0.1) is 36.3 Å². The molecule has 0 atom stereocenters. The van der Waals surface area contributed by atoms with Gasteiger partial charge in [0.2, 0.25) is 0 Å². The number of imidazole rings is 1. The normalized spacial score (nSPS) is 18.6. The summed E-state index contributed by atoms with van der Waals surface area (Å²) in [5.41, 5.74) is 3.04. The van der Waals surface area contributed by atoms with Gasteiger partial charge in [0.1, 0.15) is 5.82 Å². The number of fused-ring (bicyclic) bond motifs is 1. The van der Waals surface area contributed by atoms with Crippen LogP contribution in [-0.2, 0) is 9.53 Å². The number of anilines is 1. The van der Waals surface area contributed by atoms with E-state index in [4.69, 9.17) is 21.3 Å². The van der Waals surface area contributed by atoms with Crippen LogP contribution < -0.4 is 10.2 Å². The van der Waals surface area contributed by atoms with Gasteiger partial charge in [-0.05, 0) is 49.4 Å². The number of aromatic amines is 1. The zero-order valence-corrected chi connectivity index (χ0v) is 18.2. The molecule has 1 aromatic heterocycles. The standard InChI is InChI=1S/C23H25ClN4O3/c1-2-31-23(30)16-3-6-18(7-4-16)25-21(29)14-28-11-9-15(10-12-28)22-26-19-8-5-17(24)13-20(19)27-22/h3-8,13,15H,2,9-12,14H2,1H3,(H,25,29)(H,26,27)/p+1. The van der Waals surface area contributed by atoms with Crippen LogP contribution in [0.4, 0.5) is 5.69 Å². The molecule has 1 aliphatic rings. The summed E-state index contributed by atoms with van der Waals surface area (Å²) in [6.45, 7) is 4.35. The first-order valence-corrected chi connectivity index (χ1v) is 11.0. The van der Waals surface area contributed by atoms with Crippen LogP contribution in [0, 0.1) is 0 Å². The van der Waals surface area contributed by atoms with E-state index < -0.39 is 0 Å². The lowest BCUT2D eigenvalue weighted by Crippen LogP contribution is -3.14. The Morgan fingerprint density at radius 1 is 1.19 bits per heavy atom.